The zero-order valence-electron chi connectivity index (χ0n) is 22.1. The fourth-order valence-electron chi connectivity index (χ4n) is 4.33. The van der Waals surface area contributed by atoms with E-state index >= 15 is 0 Å². The van der Waals surface area contributed by atoms with Crippen LogP contribution in [0.2, 0.25) is 0 Å². The lowest BCUT2D eigenvalue weighted by Gasteiger charge is -2.26. The predicted octanol–water partition coefficient (Wildman–Crippen LogP) is 3.43. The van der Waals surface area contributed by atoms with Crippen molar-refractivity contribution < 1.29 is 13.2 Å². The van der Waals surface area contributed by atoms with Gasteiger partial charge in [-0.2, -0.15) is 0 Å². The number of nitrogens with two attached hydrogens (primary N) is 1. The van der Waals surface area contributed by atoms with Crippen molar-refractivity contribution in [3.8, 4) is 0 Å². The van der Waals surface area contributed by atoms with E-state index in [1.165, 1.54) is 13.1 Å². The number of nitrogens with zero attached hydrogens (tertiary/aromatic N) is 3. The maximum Gasteiger partial charge on any atom is 0.251 e. The third-order valence-corrected chi connectivity index (χ3v) is 8.26. The summed E-state index contributed by atoms with van der Waals surface area (Å²) >= 11 is 0. The minimum Gasteiger partial charge on any atom is -0.359 e. The molecule has 2 aromatic rings. The molecule has 1 heterocycles. The van der Waals surface area contributed by atoms with Gasteiger partial charge in [0, 0.05) is 38.3 Å². The molecule has 36 heavy (non-hydrogen) atoms. The Balaban J connectivity index is 1.89. The summed E-state index contributed by atoms with van der Waals surface area (Å²) in [6.45, 7) is 5.14. The van der Waals surface area contributed by atoms with Crippen LogP contribution < -0.4 is 20.3 Å². The van der Waals surface area contributed by atoms with Gasteiger partial charge >= 0.3 is 0 Å². The van der Waals surface area contributed by atoms with Crippen molar-refractivity contribution >= 4 is 27.6 Å². The molecule has 1 fully saturated rings. The van der Waals surface area contributed by atoms with E-state index < -0.39 is 10.0 Å². The minimum absolute atomic E-state index is 0.201. The Morgan fingerprint density at radius 1 is 1.19 bits per heavy atom. The normalized spacial score (nSPS) is 18.8. The molecule has 1 aromatic heterocycles. The lowest BCUT2D eigenvalue weighted by Crippen LogP contribution is -2.49. The van der Waals surface area contributed by atoms with E-state index in [0.717, 1.165) is 48.4 Å². The summed E-state index contributed by atoms with van der Waals surface area (Å²) in [6, 6.07) is 12.8. The van der Waals surface area contributed by atoms with Crippen molar-refractivity contribution in [3.05, 3.63) is 53.6 Å². The summed E-state index contributed by atoms with van der Waals surface area (Å²) in [7, 11) is -0.169. The minimum atomic E-state index is -3.55. The Morgan fingerprint density at radius 3 is 2.42 bits per heavy atom. The average Bonchev–Trinajstić information content (AvgIpc) is 3.55. The van der Waals surface area contributed by atoms with Crippen LogP contribution in [0.1, 0.15) is 55.5 Å². The smallest absolute Gasteiger partial charge is 0.251 e. The molecule has 0 saturated heterocycles. The monoisotopic (exact) mass is 515 g/mol. The second kappa shape index (κ2) is 12.1. The van der Waals surface area contributed by atoms with E-state index in [0.29, 0.717) is 29.6 Å². The first-order valence-electron chi connectivity index (χ1n) is 12.8. The Bertz CT molecular complexity index is 1130. The van der Waals surface area contributed by atoms with E-state index in [4.69, 9.17) is 5.73 Å². The number of amides is 1. The van der Waals surface area contributed by atoms with Crippen LogP contribution in [0, 0.1) is 11.8 Å². The number of carbonyl (C=O) groups excluding carboxylic acids is 1. The first-order chi connectivity index (χ1) is 17.0. The topological polar surface area (TPSA) is 109 Å². The molecule has 1 saturated carbocycles. The molecule has 0 bridgehead atoms. The summed E-state index contributed by atoms with van der Waals surface area (Å²) in [4.78, 5) is 20.1. The molecule has 9 heteroatoms. The van der Waals surface area contributed by atoms with Gasteiger partial charge < -0.3 is 16.0 Å². The Morgan fingerprint density at radius 2 is 1.83 bits per heavy atom. The summed E-state index contributed by atoms with van der Waals surface area (Å²) in [5.74, 6) is 1.74. The molecule has 8 nitrogen and oxygen atoms in total. The molecule has 0 spiro atoms. The van der Waals surface area contributed by atoms with E-state index in [9.17, 15) is 13.2 Å². The number of unbranched alkanes of at least 4 members (excludes halogenated alkanes) is 1. The van der Waals surface area contributed by atoms with Gasteiger partial charge in [-0.05, 0) is 48.8 Å². The number of carbonyl (C=O) groups is 1. The average molecular weight is 516 g/mol. The number of aromatic nitrogens is 1. The summed E-state index contributed by atoms with van der Waals surface area (Å²) in [5.41, 5.74) is 8.00. The Labute approximate surface area is 216 Å². The number of hydrogen-bond acceptors (Lipinski definition) is 6. The van der Waals surface area contributed by atoms with Crippen molar-refractivity contribution in [2.75, 3.05) is 36.1 Å². The number of anilines is 2. The van der Waals surface area contributed by atoms with Crippen LogP contribution in [0.4, 0.5) is 11.6 Å². The number of benzene rings is 1. The third kappa shape index (κ3) is 7.67. The molecule has 198 valence electrons. The third-order valence-electron chi connectivity index (χ3n) is 7.08. The van der Waals surface area contributed by atoms with E-state index in [1.807, 2.05) is 42.3 Å². The number of sulfonamides is 1. The largest absolute Gasteiger partial charge is 0.359 e. The summed E-state index contributed by atoms with van der Waals surface area (Å²) < 4.78 is 25.6. The molecule has 1 aromatic carbocycles. The molecule has 1 aliphatic carbocycles. The van der Waals surface area contributed by atoms with Crippen LogP contribution >= 0.6 is 0 Å². The molecule has 0 unspecified atom stereocenters. The Hall–Kier alpha value is -2.65. The van der Waals surface area contributed by atoms with Gasteiger partial charge in [0.25, 0.3) is 5.91 Å². The van der Waals surface area contributed by atoms with Gasteiger partial charge in [0.1, 0.15) is 11.6 Å². The van der Waals surface area contributed by atoms with E-state index in [2.05, 4.69) is 24.1 Å². The highest BCUT2D eigenvalue weighted by Gasteiger charge is 2.34. The SMILES string of the molecule is CCCC[C@H](N)[C@H](Cc1ccccc1)NC(=O)c1cc(N(C)C[C@H]2C[C@@H]2C)nc(N(C)S(C)(=O)=O)c1. The van der Waals surface area contributed by atoms with Gasteiger partial charge in [-0.3, -0.25) is 9.10 Å². The van der Waals surface area contributed by atoms with Gasteiger partial charge in [0.05, 0.1) is 6.26 Å². The van der Waals surface area contributed by atoms with Crippen molar-refractivity contribution in [1.82, 2.24) is 10.3 Å². The quantitative estimate of drug-likeness (QED) is 0.423. The maximum atomic E-state index is 13.5. The highest BCUT2D eigenvalue weighted by Crippen LogP contribution is 2.38. The molecule has 3 N–H and O–H groups in total. The van der Waals surface area contributed by atoms with Crippen molar-refractivity contribution in [1.29, 1.82) is 0 Å². The van der Waals surface area contributed by atoms with Gasteiger partial charge in [0.15, 0.2) is 0 Å². The number of nitrogens with one attached hydrogen (secondary N) is 1. The molecule has 0 radical (unpaired) electrons. The first kappa shape index (κ1) is 27.9. The second-order valence-electron chi connectivity index (χ2n) is 10.2. The molecular formula is C27H41N5O3S. The number of pyridine rings is 1. The second-order valence-corrected chi connectivity index (χ2v) is 12.2. The Kier molecular flexibility index (Phi) is 9.35. The molecule has 4 atom stereocenters. The van der Waals surface area contributed by atoms with E-state index in [-0.39, 0.29) is 23.8 Å². The molecular weight excluding hydrogens is 474 g/mol. The van der Waals surface area contributed by atoms with Crippen molar-refractivity contribution in [2.45, 2.75) is 58.0 Å². The predicted molar refractivity (Wildman–Crippen MR) is 147 cm³/mol. The van der Waals surface area contributed by atoms with Crippen LogP contribution in [-0.4, -0.2) is 58.3 Å². The van der Waals surface area contributed by atoms with E-state index in [1.54, 1.807) is 6.07 Å². The van der Waals surface area contributed by atoms with Crippen LogP contribution in [0.15, 0.2) is 42.5 Å². The summed E-state index contributed by atoms with van der Waals surface area (Å²) in [5, 5.41) is 3.14. The number of rotatable bonds is 13. The zero-order chi connectivity index (χ0) is 26.5. The fourth-order valence-corrected chi connectivity index (χ4v) is 4.76. The van der Waals surface area contributed by atoms with Gasteiger partial charge in [0.2, 0.25) is 10.0 Å². The molecule has 0 aliphatic heterocycles. The van der Waals surface area contributed by atoms with Gasteiger partial charge in [-0.25, -0.2) is 13.4 Å². The van der Waals surface area contributed by atoms with Crippen LogP contribution in [0.5, 0.6) is 0 Å². The van der Waals surface area contributed by atoms with Crippen molar-refractivity contribution in [3.63, 3.8) is 0 Å². The van der Waals surface area contributed by atoms with Gasteiger partial charge in [-0.1, -0.05) is 57.0 Å². The fraction of sp³-hybridized carbons (Fsp3) is 0.556. The standard InChI is InChI=1S/C27H41N5O3S/c1-6-7-13-23(28)24(15-20-11-9-8-10-12-20)29-27(33)21-16-25(31(3)18-22-14-19(22)2)30-26(17-21)32(4)36(5,34)35/h8-12,16-17,19,22-24H,6-7,13-15,18,28H2,1-5H3,(H,29,33)/t19-,22+,23-,24-/m0/s1. The lowest BCUT2D eigenvalue weighted by atomic mass is 9.95. The van der Waals surface area contributed by atoms with Crippen LogP contribution in [0.3, 0.4) is 0 Å². The molecule has 3 rings (SSSR count). The zero-order valence-corrected chi connectivity index (χ0v) is 23.0. The highest BCUT2D eigenvalue weighted by atomic mass is 32.2. The number of hydrogen-bond donors (Lipinski definition) is 2. The maximum absolute atomic E-state index is 13.5. The van der Waals surface area contributed by atoms with Crippen molar-refractivity contribution in [2.24, 2.45) is 17.6 Å². The first-order valence-corrected chi connectivity index (χ1v) is 14.6. The van der Waals surface area contributed by atoms with Gasteiger partial charge in [-0.15, -0.1) is 0 Å². The van der Waals surface area contributed by atoms with Crippen LogP contribution in [-0.2, 0) is 16.4 Å². The molecule has 1 amide bonds. The molecule has 1 aliphatic rings. The van der Waals surface area contributed by atoms with Crippen LogP contribution in [0.25, 0.3) is 0 Å². The highest BCUT2D eigenvalue weighted by molar-refractivity contribution is 7.92. The summed E-state index contributed by atoms with van der Waals surface area (Å²) in [6.07, 6.45) is 5.72. The lowest BCUT2D eigenvalue weighted by molar-refractivity contribution is 0.0929.